The number of rotatable bonds is 2. The normalized spacial score (nSPS) is 12.3. The van der Waals surface area contributed by atoms with Crippen LogP contribution in [0.2, 0.25) is 5.02 Å². The van der Waals surface area contributed by atoms with E-state index in [0.29, 0.717) is 5.02 Å². The molecular formula is C10H11Cl2NO. The fourth-order valence-electron chi connectivity index (χ4n) is 1.14. The van der Waals surface area contributed by atoms with Gasteiger partial charge in [0.2, 0.25) is 0 Å². The minimum Gasteiger partial charge on any atom is -0.326 e. The second-order valence-corrected chi connectivity index (χ2v) is 3.85. The second-order valence-electron chi connectivity index (χ2n) is 3.09. The van der Waals surface area contributed by atoms with E-state index in [9.17, 15) is 4.79 Å². The van der Waals surface area contributed by atoms with Crippen LogP contribution in [0.3, 0.4) is 0 Å². The van der Waals surface area contributed by atoms with E-state index in [1.54, 1.807) is 13.1 Å². The van der Waals surface area contributed by atoms with E-state index in [2.05, 4.69) is 0 Å². The zero-order chi connectivity index (χ0) is 10.7. The monoisotopic (exact) mass is 231 g/mol. The molecule has 0 aliphatic rings. The molecular weight excluding hydrogens is 221 g/mol. The minimum absolute atomic E-state index is 0.0706. The third-order valence-corrected chi connectivity index (χ3v) is 2.69. The smallest absolute Gasteiger partial charge is 0.316 e. The Hall–Kier alpha value is -0.730. The highest BCUT2D eigenvalue weighted by molar-refractivity contribution is 6.62. The fraction of sp³-hybridized carbons (Fsp3) is 0.300. The Kier molecular flexibility index (Phi) is 3.78. The average Bonchev–Trinajstić information content (AvgIpc) is 2.15. The van der Waals surface area contributed by atoms with E-state index >= 15 is 0 Å². The third kappa shape index (κ3) is 2.63. The molecule has 0 aromatic heterocycles. The number of carbonyl (C=O) groups excluding carboxylic acids is 1. The molecule has 0 radical (unpaired) electrons. The Morgan fingerprint density at radius 3 is 2.64 bits per heavy atom. The van der Waals surface area contributed by atoms with Gasteiger partial charge in [-0.15, -0.1) is 0 Å². The summed E-state index contributed by atoms with van der Waals surface area (Å²) in [5.74, 6) is 0. The number of halogens is 2. The number of carbonyl (C=O) groups is 1. The molecule has 0 bridgehead atoms. The highest BCUT2D eigenvalue weighted by Gasteiger charge is 2.15. The summed E-state index contributed by atoms with van der Waals surface area (Å²) in [7, 11) is 1.65. The summed E-state index contributed by atoms with van der Waals surface area (Å²) in [5, 5.41) is 0.183. The van der Waals surface area contributed by atoms with Gasteiger partial charge in [-0.25, -0.2) is 0 Å². The topological polar surface area (TPSA) is 20.3 Å². The van der Waals surface area contributed by atoms with Gasteiger partial charge in [-0.1, -0.05) is 23.7 Å². The fourth-order valence-corrected chi connectivity index (χ4v) is 1.49. The van der Waals surface area contributed by atoms with E-state index in [4.69, 9.17) is 23.2 Å². The quantitative estimate of drug-likeness (QED) is 0.562. The van der Waals surface area contributed by atoms with Crippen molar-refractivity contribution in [1.29, 1.82) is 0 Å². The molecule has 0 saturated carbocycles. The number of hydrogen-bond acceptors (Lipinski definition) is 1. The molecule has 76 valence electrons. The Labute approximate surface area is 93.4 Å². The Morgan fingerprint density at radius 1 is 1.50 bits per heavy atom. The lowest BCUT2D eigenvalue weighted by Gasteiger charge is -2.22. The third-order valence-electron chi connectivity index (χ3n) is 2.19. The van der Waals surface area contributed by atoms with Gasteiger partial charge in [0.25, 0.3) is 0 Å². The average molecular weight is 232 g/mol. The maximum absolute atomic E-state index is 10.9. The van der Waals surface area contributed by atoms with Crippen LogP contribution in [0, 0.1) is 0 Å². The molecule has 2 nitrogen and oxygen atoms in total. The first kappa shape index (κ1) is 11.3. The van der Waals surface area contributed by atoms with Crippen molar-refractivity contribution in [3.63, 3.8) is 0 Å². The molecule has 4 heteroatoms. The molecule has 14 heavy (non-hydrogen) atoms. The van der Waals surface area contributed by atoms with Crippen LogP contribution in [0.25, 0.3) is 0 Å². The van der Waals surface area contributed by atoms with Crippen molar-refractivity contribution < 1.29 is 4.79 Å². The summed E-state index contributed by atoms with van der Waals surface area (Å²) in [6.07, 6.45) is 0. The van der Waals surface area contributed by atoms with Gasteiger partial charge in [0.05, 0.1) is 6.04 Å². The molecule has 1 amide bonds. The molecule has 0 aliphatic heterocycles. The highest BCUT2D eigenvalue weighted by atomic mass is 35.5. The number of benzene rings is 1. The van der Waals surface area contributed by atoms with Crippen LogP contribution >= 0.6 is 23.2 Å². The Balaban J connectivity index is 2.89. The molecule has 1 aromatic carbocycles. The standard InChI is InChI=1S/C10H11Cl2NO/c1-7(13(2)10(12)14)8-4-3-5-9(11)6-8/h3-7H,1-2H3. The summed E-state index contributed by atoms with van der Waals surface area (Å²) in [5.41, 5.74) is 0.967. The largest absolute Gasteiger partial charge is 0.326 e. The minimum atomic E-state index is -0.475. The zero-order valence-electron chi connectivity index (χ0n) is 8.00. The molecule has 0 saturated heterocycles. The van der Waals surface area contributed by atoms with Crippen molar-refractivity contribution in [2.45, 2.75) is 13.0 Å². The van der Waals surface area contributed by atoms with Crippen molar-refractivity contribution in [3.05, 3.63) is 34.9 Å². The van der Waals surface area contributed by atoms with Crippen molar-refractivity contribution >= 4 is 28.6 Å². The van der Waals surface area contributed by atoms with Crippen LogP contribution in [-0.4, -0.2) is 17.3 Å². The zero-order valence-corrected chi connectivity index (χ0v) is 9.51. The number of nitrogens with zero attached hydrogens (tertiary/aromatic N) is 1. The van der Waals surface area contributed by atoms with Crippen LogP contribution in [0.15, 0.2) is 24.3 Å². The second kappa shape index (κ2) is 4.67. The Bertz CT molecular complexity index is 341. The maximum atomic E-state index is 10.9. The molecule has 1 rings (SSSR count). The van der Waals surface area contributed by atoms with Gasteiger partial charge in [-0.3, -0.25) is 4.79 Å². The maximum Gasteiger partial charge on any atom is 0.316 e. The predicted molar refractivity (Wildman–Crippen MR) is 58.9 cm³/mol. The van der Waals surface area contributed by atoms with Crippen molar-refractivity contribution in [1.82, 2.24) is 4.90 Å². The van der Waals surface area contributed by atoms with Crippen LogP contribution in [-0.2, 0) is 0 Å². The molecule has 1 aromatic rings. The number of amides is 1. The van der Waals surface area contributed by atoms with Crippen LogP contribution < -0.4 is 0 Å². The van der Waals surface area contributed by atoms with Crippen molar-refractivity contribution in [3.8, 4) is 0 Å². The summed E-state index contributed by atoms with van der Waals surface area (Å²) in [4.78, 5) is 12.4. The first-order valence-corrected chi connectivity index (χ1v) is 4.95. The van der Waals surface area contributed by atoms with E-state index in [0.717, 1.165) is 5.56 Å². The summed E-state index contributed by atoms with van der Waals surface area (Å²) >= 11 is 11.2. The first-order chi connectivity index (χ1) is 6.52. The summed E-state index contributed by atoms with van der Waals surface area (Å²) in [6, 6.07) is 7.30. The molecule has 0 fully saturated rings. The van der Waals surface area contributed by atoms with Gasteiger partial charge in [0.1, 0.15) is 0 Å². The van der Waals surface area contributed by atoms with Crippen molar-refractivity contribution in [2.24, 2.45) is 0 Å². The molecule has 1 atom stereocenters. The van der Waals surface area contributed by atoms with Gasteiger partial charge in [0.15, 0.2) is 0 Å². The van der Waals surface area contributed by atoms with E-state index < -0.39 is 5.37 Å². The van der Waals surface area contributed by atoms with E-state index in [1.165, 1.54) is 4.90 Å². The first-order valence-electron chi connectivity index (χ1n) is 4.20. The molecule has 0 N–H and O–H groups in total. The van der Waals surface area contributed by atoms with Gasteiger partial charge in [-0.05, 0) is 36.2 Å². The van der Waals surface area contributed by atoms with Gasteiger partial charge in [-0.2, -0.15) is 0 Å². The van der Waals surface area contributed by atoms with Crippen LogP contribution in [0.1, 0.15) is 18.5 Å². The molecule has 0 heterocycles. The highest BCUT2D eigenvalue weighted by Crippen LogP contribution is 2.22. The predicted octanol–water partition coefficient (Wildman–Crippen LogP) is 3.69. The molecule has 0 aliphatic carbocycles. The lowest BCUT2D eigenvalue weighted by Crippen LogP contribution is -2.24. The SMILES string of the molecule is CC(c1cccc(Cl)c1)N(C)C(=O)Cl. The van der Waals surface area contributed by atoms with E-state index in [1.807, 2.05) is 25.1 Å². The molecule has 1 unspecified atom stereocenters. The molecule has 0 spiro atoms. The van der Waals surface area contributed by atoms with E-state index in [-0.39, 0.29) is 6.04 Å². The lowest BCUT2D eigenvalue weighted by molar-refractivity contribution is 0.218. The van der Waals surface area contributed by atoms with Crippen molar-refractivity contribution in [2.75, 3.05) is 7.05 Å². The Morgan fingerprint density at radius 2 is 2.14 bits per heavy atom. The number of hydrogen-bond donors (Lipinski definition) is 0. The summed E-state index contributed by atoms with van der Waals surface area (Å²) < 4.78 is 0. The lowest BCUT2D eigenvalue weighted by atomic mass is 10.1. The summed E-state index contributed by atoms with van der Waals surface area (Å²) in [6.45, 7) is 1.89. The van der Waals surface area contributed by atoms with Gasteiger partial charge in [0, 0.05) is 12.1 Å². The van der Waals surface area contributed by atoms with Crippen LogP contribution in [0.4, 0.5) is 4.79 Å². The van der Waals surface area contributed by atoms with Crippen LogP contribution in [0.5, 0.6) is 0 Å². The van der Waals surface area contributed by atoms with Gasteiger partial charge < -0.3 is 4.90 Å². The van der Waals surface area contributed by atoms with Gasteiger partial charge >= 0.3 is 5.37 Å².